The van der Waals surface area contributed by atoms with Gasteiger partial charge in [-0.25, -0.2) is 0 Å². The molecule has 0 spiro atoms. The molecule has 0 aliphatic rings. The fourth-order valence-corrected chi connectivity index (χ4v) is 1.87. The van der Waals surface area contributed by atoms with Gasteiger partial charge < -0.3 is 0 Å². The summed E-state index contributed by atoms with van der Waals surface area (Å²) in [7, 11) is 0. The third-order valence-corrected chi connectivity index (χ3v) is 2.73. The smallest absolute Gasteiger partial charge is 0.102 e. The van der Waals surface area contributed by atoms with Gasteiger partial charge in [0.15, 0.2) is 0 Å². The third-order valence-electron chi connectivity index (χ3n) is 2.73. The summed E-state index contributed by atoms with van der Waals surface area (Å²) in [6.07, 6.45) is 5.13. The largest absolute Gasteiger partial charge is 0.264 e. The molecular formula is C14H8N4. The van der Waals surface area contributed by atoms with Crippen LogP contribution in [0.3, 0.4) is 0 Å². The lowest BCUT2D eigenvalue weighted by Crippen LogP contribution is -1.90. The maximum atomic E-state index is 8.89. The molecule has 0 atom stereocenters. The van der Waals surface area contributed by atoms with Gasteiger partial charge in [-0.1, -0.05) is 6.07 Å². The van der Waals surface area contributed by atoms with E-state index in [4.69, 9.17) is 5.26 Å². The molecule has 0 saturated carbocycles. The fourth-order valence-electron chi connectivity index (χ4n) is 1.87. The standard InChI is InChI=1S/C14H8N4/c15-7-10-3-4-13-12(6-10)9-17-18-14(13)11-2-1-5-16-8-11/h1-6,8-9H. The van der Waals surface area contributed by atoms with Crippen molar-refractivity contribution in [1.29, 1.82) is 5.26 Å². The molecule has 4 heteroatoms. The summed E-state index contributed by atoms with van der Waals surface area (Å²) in [6.45, 7) is 0. The number of rotatable bonds is 1. The Bertz CT molecular complexity index is 745. The predicted molar refractivity (Wildman–Crippen MR) is 67.5 cm³/mol. The van der Waals surface area contributed by atoms with Crippen LogP contribution in [0, 0.1) is 11.3 Å². The maximum Gasteiger partial charge on any atom is 0.102 e. The van der Waals surface area contributed by atoms with Crippen LogP contribution in [0.2, 0.25) is 0 Å². The van der Waals surface area contributed by atoms with Gasteiger partial charge in [0.25, 0.3) is 0 Å². The molecule has 0 saturated heterocycles. The van der Waals surface area contributed by atoms with E-state index < -0.39 is 0 Å². The fraction of sp³-hybridized carbons (Fsp3) is 0. The Kier molecular flexibility index (Phi) is 2.43. The van der Waals surface area contributed by atoms with Gasteiger partial charge in [-0.15, -0.1) is 5.10 Å². The van der Waals surface area contributed by atoms with Crippen LogP contribution in [0.5, 0.6) is 0 Å². The van der Waals surface area contributed by atoms with Gasteiger partial charge in [0.2, 0.25) is 0 Å². The van der Waals surface area contributed by atoms with Crippen molar-refractivity contribution < 1.29 is 0 Å². The highest BCUT2D eigenvalue weighted by Crippen LogP contribution is 2.25. The van der Waals surface area contributed by atoms with E-state index in [9.17, 15) is 0 Å². The van der Waals surface area contributed by atoms with Crippen molar-refractivity contribution >= 4 is 10.8 Å². The van der Waals surface area contributed by atoms with Gasteiger partial charge in [-0.05, 0) is 24.3 Å². The highest BCUT2D eigenvalue weighted by molar-refractivity contribution is 5.94. The lowest BCUT2D eigenvalue weighted by atomic mass is 10.0. The van der Waals surface area contributed by atoms with Crippen molar-refractivity contribution in [1.82, 2.24) is 15.2 Å². The van der Waals surface area contributed by atoms with E-state index in [1.807, 2.05) is 24.3 Å². The summed E-state index contributed by atoms with van der Waals surface area (Å²) < 4.78 is 0. The average molecular weight is 232 g/mol. The summed E-state index contributed by atoms with van der Waals surface area (Å²) in [5.74, 6) is 0. The Labute approximate surface area is 104 Å². The summed E-state index contributed by atoms with van der Waals surface area (Å²) in [5, 5.41) is 18.9. The van der Waals surface area contributed by atoms with E-state index in [-0.39, 0.29) is 0 Å². The molecule has 3 aromatic rings. The Morgan fingerprint density at radius 1 is 1.11 bits per heavy atom. The molecular weight excluding hydrogens is 224 g/mol. The maximum absolute atomic E-state index is 8.89. The molecule has 0 N–H and O–H groups in total. The van der Waals surface area contributed by atoms with E-state index in [0.717, 1.165) is 22.0 Å². The first kappa shape index (κ1) is 10.4. The molecule has 1 aromatic carbocycles. The second kappa shape index (κ2) is 4.22. The lowest BCUT2D eigenvalue weighted by molar-refractivity contribution is 1.05. The Balaban J connectivity index is 2.29. The topological polar surface area (TPSA) is 62.5 Å². The molecule has 0 aliphatic carbocycles. The van der Waals surface area contributed by atoms with Gasteiger partial charge in [0.1, 0.15) is 5.69 Å². The molecule has 0 radical (unpaired) electrons. The second-order valence-corrected chi connectivity index (χ2v) is 3.85. The van der Waals surface area contributed by atoms with E-state index in [1.165, 1.54) is 0 Å². The molecule has 0 bridgehead atoms. The van der Waals surface area contributed by atoms with Crippen LogP contribution in [0.4, 0.5) is 0 Å². The molecule has 2 heterocycles. The molecule has 0 amide bonds. The van der Waals surface area contributed by atoms with E-state index >= 15 is 0 Å². The van der Waals surface area contributed by atoms with Gasteiger partial charge in [-0.2, -0.15) is 10.4 Å². The first-order chi connectivity index (χ1) is 8.88. The van der Waals surface area contributed by atoms with Crippen molar-refractivity contribution in [2.75, 3.05) is 0 Å². The van der Waals surface area contributed by atoms with Crippen molar-refractivity contribution in [3.8, 4) is 17.3 Å². The summed E-state index contributed by atoms with van der Waals surface area (Å²) in [6, 6.07) is 11.4. The van der Waals surface area contributed by atoms with Gasteiger partial charge in [-0.3, -0.25) is 4.98 Å². The normalized spacial score (nSPS) is 10.2. The highest BCUT2D eigenvalue weighted by atomic mass is 15.1. The minimum Gasteiger partial charge on any atom is -0.264 e. The van der Waals surface area contributed by atoms with Gasteiger partial charge in [0, 0.05) is 28.7 Å². The van der Waals surface area contributed by atoms with Crippen LogP contribution in [0.15, 0.2) is 48.9 Å². The summed E-state index contributed by atoms with van der Waals surface area (Å²) in [5.41, 5.74) is 2.32. The zero-order valence-corrected chi connectivity index (χ0v) is 9.41. The van der Waals surface area contributed by atoms with Crippen LogP contribution < -0.4 is 0 Å². The summed E-state index contributed by atoms with van der Waals surface area (Å²) in [4.78, 5) is 4.08. The van der Waals surface area contributed by atoms with Crippen molar-refractivity contribution in [2.24, 2.45) is 0 Å². The van der Waals surface area contributed by atoms with Crippen molar-refractivity contribution in [3.05, 3.63) is 54.5 Å². The molecule has 0 unspecified atom stereocenters. The molecule has 4 nitrogen and oxygen atoms in total. The number of fused-ring (bicyclic) bond motifs is 1. The molecule has 84 valence electrons. The minimum absolute atomic E-state index is 0.618. The SMILES string of the molecule is N#Cc1ccc2c(-c3cccnc3)nncc2c1. The van der Waals surface area contributed by atoms with Gasteiger partial charge in [0.05, 0.1) is 17.8 Å². The minimum atomic E-state index is 0.618. The first-order valence-electron chi connectivity index (χ1n) is 5.44. The quantitative estimate of drug-likeness (QED) is 0.646. The zero-order chi connectivity index (χ0) is 12.4. The molecule has 0 aliphatic heterocycles. The van der Waals surface area contributed by atoms with E-state index in [2.05, 4.69) is 21.3 Å². The van der Waals surface area contributed by atoms with Crippen LogP contribution in [0.1, 0.15) is 5.56 Å². The number of pyridine rings is 1. The second-order valence-electron chi connectivity index (χ2n) is 3.85. The Morgan fingerprint density at radius 2 is 2.06 bits per heavy atom. The average Bonchev–Trinajstić information content (AvgIpc) is 2.47. The predicted octanol–water partition coefficient (Wildman–Crippen LogP) is 2.56. The lowest BCUT2D eigenvalue weighted by Gasteiger charge is -2.04. The van der Waals surface area contributed by atoms with Crippen LogP contribution >= 0.6 is 0 Å². The Hall–Kier alpha value is -2.80. The number of hydrogen-bond acceptors (Lipinski definition) is 4. The monoisotopic (exact) mass is 232 g/mol. The zero-order valence-electron chi connectivity index (χ0n) is 9.41. The number of hydrogen-bond donors (Lipinski definition) is 0. The third kappa shape index (κ3) is 1.68. The van der Waals surface area contributed by atoms with E-state index in [0.29, 0.717) is 5.56 Å². The molecule has 0 fully saturated rings. The Morgan fingerprint density at radius 3 is 2.83 bits per heavy atom. The van der Waals surface area contributed by atoms with Crippen LogP contribution in [0.25, 0.3) is 22.0 Å². The molecule has 18 heavy (non-hydrogen) atoms. The number of nitrogens with zero attached hydrogens (tertiary/aromatic N) is 4. The van der Waals surface area contributed by atoms with E-state index in [1.54, 1.807) is 24.7 Å². The van der Waals surface area contributed by atoms with Crippen molar-refractivity contribution in [2.45, 2.75) is 0 Å². The van der Waals surface area contributed by atoms with Gasteiger partial charge >= 0.3 is 0 Å². The van der Waals surface area contributed by atoms with Crippen LogP contribution in [-0.4, -0.2) is 15.2 Å². The number of benzene rings is 1. The number of nitriles is 1. The van der Waals surface area contributed by atoms with Crippen LogP contribution in [-0.2, 0) is 0 Å². The first-order valence-corrected chi connectivity index (χ1v) is 5.44. The molecule has 2 aromatic heterocycles. The number of aromatic nitrogens is 3. The summed E-state index contributed by atoms with van der Waals surface area (Å²) >= 11 is 0. The molecule has 3 rings (SSSR count). The highest BCUT2D eigenvalue weighted by Gasteiger charge is 2.06. The van der Waals surface area contributed by atoms with Crippen molar-refractivity contribution in [3.63, 3.8) is 0 Å².